The Kier molecular flexibility index (Phi) is 5.54. The van der Waals surface area contributed by atoms with Crippen molar-refractivity contribution in [3.63, 3.8) is 0 Å². The molecule has 0 unspecified atom stereocenters. The Morgan fingerprint density at radius 1 is 1.31 bits per heavy atom. The van der Waals surface area contributed by atoms with Gasteiger partial charge in [0.2, 0.25) is 0 Å². The number of carbonyl (C=O) groups excluding carboxylic acids is 1. The largest absolute Gasteiger partial charge is 0.484 e. The fourth-order valence-electron chi connectivity index (χ4n) is 2.39. The van der Waals surface area contributed by atoms with Crippen molar-refractivity contribution in [3.05, 3.63) is 63.8 Å². The number of hydrogen-bond donors (Lipinski definition) is 1. The standard InChI is InChI=1S/C18H17Cl2N3O3/c1-3-23-11(2)15(9-21-23)22-18(24)17-7-5-13(26-17)10-25-16-6-4-12(19)8-14(16)20/h4-9H,3,10H2,1-2H3,(H,22,24). The molecule has 0 saturated carbocycles. The maximum atomic E-state index is 12.3. The Bertz CT molecular complexity index is 934. The number of hydrogen-bond acceptors (Lipinski definition) is 4. The summed E-state index contributed by atoms with van der Waals surface area (Å²) in [6, 6.07) is 8.23. The first-order chi connectivity index (χ1) is 12.5. The maximum absolute atomic E-state index is 12.3. The van der Waals surface area contributed by atoms with E-state index in [2.05, 4.69) is 10.4 Å². The summed E-state index contributed by atoms with van der Waals surface area (Å²) in [4.78, 5) is 12.3. The van der Waals surface area contributed by atoms with Gasteiger partial charge < -0.3 is 14.5 Å². The number of nitrogens with zero attached hydrogens (tertiary/aromatic N) is 2. The lowest BCUT2D eigenvalue weighted by molar-refractivity contribution is 0.0992. The van der Waals surface area contributed by atoms with Crippen molar-refractivity contribution < 1.29 is 13.9 Å². The Morgan fingerprint density at radius 2 is 2.12 bits per heavy atom. The normalized spacial score (nSPS) is 10.8. The van der Waals surface area contributed by atoms with Gasteiger partial charge in [0.25, 0.3) is 5.91 Å². The zero-order chi connectivity index (χ0) is 18.7. The Hall–Kier alpha value is -2.44. The second-order valence-corrected chi connectivity index (χ2v) is 6.39. The number of rotatable bonds is 6. The van der Waals surface area contributed by atoms with Crippen molar-refractivity contribution in [3.8, 4) is 5.75 Å². The van der Waals surface area contributed by atoms with Crippen LogP contribution in [0.25, 0.3) is 0 Å². The van der Waals surface area contributed by atoms with Gasteiger partial charge >= 0.3 is 0 Å². The minimum Gasteiger partial charge on any atom is -0.484 e. The third-order valence-corrected chi connectivity index (χ3v) is 4.33. The molecule has 26 heavy (non-hydrogen) atoms. The number of furan rings is 1. The van der Waals surface area contributed by atoms with Gasteiger partial charge in [-0.1, -0.05) is 23.2 Å². The molecular formula is C18H17Cl2N3O3. The zero-order valence-corrected chi connectivity index (χ0v) is 15.8. The lowest BCUT2D eigenvalue weighted by Crippen LogP contribution is -2.11. The molecule has 8 heteroatoms. The molecule has 0 fully saturated rings. The quantitative estimate of drug-likeness (QED) is 0.643. The van der Waals surface area contributed by atoms with Crippen LogP contribution in [-0.4, -0.2) is 15.7 Å². The smallest absolute Gasteiger partial charge is 0.291 e. The van der Waals surface area contributed by atoms with Crippen LogP contribution in [0.1, 0.15) is 28.9 Å². The number of aryl methyl sites for hydroxylation is 1. The summed E-state index contributed by atoms with van der Waals surface area (Å²) in [6.07, 6.45) is 1.62. The van der Waals surface area contributed by atoms with Crippen LogP contribution in [0.4, 0.5) is 5.69 Å². The van der Waals surface area contributed by atoms with Crippen LogP contribution in [0.5, 0.6) is 5.75 Å². The topological polar surface area (TPSA) is 69.3 Å². The van der Waals surface area contributed by atoms with Gasteiger partial charge in [0, 0.05) is 11.6 Å². The molecule has 0 bridgehead atoms. The minimum absolute atomic E-state index is 0.140. The van der Waals surface area contributed by atoms with Gasteiger partial charge in [0.1, 0.15) is 18.1 Å². The SMILES string of the molecule is CCn1ncc(NC(=O)c2ccc(COc3ccc(Cl)cc3Cl)o2)c1C. The zero-order valence-electron chi connectivity index (χ0n) is 14.3. The van der Waals surface area contributed by atoms with Gasteiger partial charge in [0.05, 0.1) is 22.6 Å². The molecule has 0 aliphatic rings. The predicted molar refractivity (Wildman–Crippen MR) is 100 cm³/mol. The number of aromatic nitrogens is 2. The van der Waals surface area contributed by atoms with E-state index in [9.17, 15) is 4.79 Å². The second kappa shape index (κ2) is 7.85. The van der Waals surface area contributed by atoms with Gasteiger partial charge in [-0.2, -0.15) is 5.10 Å². The predicted octanol–water partition coefficient (Wildman–Crippen LogP) is 4.94. The molecule has 3 aromatic rings. The summed E-state index contributed by atoms with van der Waals surface area (Å²) < 4.78 is 12.9. The van der Waals surface area contributed by atoms with Crippen LogP contribution in [0.15, 0.2) is 40.9 Å². The number of carbonyl (C=O) groups is 1. The Balaban J connectivity index is 1.63. The lowest BCUT2D eigenvalue weighted by atomic mass is 10.3. The molecule has 0 spiro atoms. The van der Waals surface area contributed by atoms with E-state index in [1.165, 1.54) is 0 Å². The molecule has 1 amide bonds. The molecule has 1 aromatic carbocycles. The van der Waals surface area contributed by atoms with E-state index in [1.807, 2.05) is 13.8 Å². The molecule has 2 aromatic heterocycles. The number of anilines is 1. The molecule has 0 aliphatic heterocycles. The molecule has 3 rings (SSSR count). The van der Waals surface area contributed by atoms with Crippen LogP contribution in [0, 0.1) is 6.92 Å². The van der Waals surface area contributed by atoms with E-state index >= 15 is 0 Å². The van der Waals surface area contributed by atoms with Crippen molar-refractivity contribution in [1.29, 1.82) is 0 Å². The number of ether oxygens (including phenoxy) is 1. The highest BCUT2D eigenvalue weighted by atomic mass is 35.5. The summed E-state index contributed by atoms with van der Waals surface area (Å²) >= 11 is 11.9. The van der Waals surface area contributed by atoms with E-state index in [0.29, 0.717) is 27.2 Å². The fourth-order valence-corrected chi connectivity index (χ4v) is 2.85. The van der Waals surface area contributed by atoms with E-state index in [1.54, 1.807) is 41.2 Å². The highest BCUT2D eigenvalue weighted by molar-refractivity contribution is 6.35. The highest BCUT2D eigenvalue weighted by Crippen LogP contribution is 2.28. The van der Waals surface area contributed by atoms with Gasteiger partial charge in [-0.05, 0) is 44.2 Å². The van der Waals surface area contributed by atoms with Crippen LogP contribution < -0.4 is 10.1 Å². The van der Waals surface area contributed by atoms with Crippen LogP contribution in [-0.2, 0) is 13.2 Å². The van der Waals surface area contributed by atoms with E-state index in [0.717, 1.165) is 12.2 Å². The first-order valence-electron chi connectivity index (χ1n) is 7.98. The van der Waals surface area contributed by atoms with Crippen molar-refractivity contribution in [2.24, 2.45) is 0 Å². The van der Waals surface area contributed by atoms with Gasteiger partial charge in [0.15, 0.2) is 5.76 Å². The molecule has 6 nitrogen and oxygen atoms in total. The van der Waals surface area contributed by atoms with E-state index < -0.39 is 0 Å². The molecule has 0 radical (unpaired) electrons. The molecule has 0 atom stereocenters. The summed E-state index contributed by atoms with van der Waals surface area (Å²) in [5.41, 5.74) is 1.53. The number of halogens is 2. The van der Waals surface area contributed by atoms with E-state index in [4.69, 9.17) is 32.4 Å². The van der Waals surface area contributed by atoms with Crippen LogP contribution in [0.2, 0.25) is 10.0 Å². The monoisotopic (exact) mass is 393 g/mol. The molecule has 2 heterocycles. The maximum Gasteiger partial charge on any atom is 0.291 e. The highest BCUT2D eigenvalue weighted by Gasteiger charge is 2.15. The van der Waals surface area contributed by atoms with Crippen molar-refractivity contribution >= 4 is 34.8 Å². The Morgan fingerprint density at radius 3 is 2.81 bits per heavy atom. The van der Waals surface area contributed by atoms with Gasteiger partial charge in [-0.15, -0.1) is 0 Å². The summed E-state index contributed by atoms with van der Waals surface area (Å²) in [7, 11) is 0. The second-order valence-electron chi connectivity index (χ2n) is 5.54. The number of amides is 1. The van der Waals surface area contributed by atoms with Crippen molar-refractivity contribution in [2.45, 2.75) is 27.0 Å². The summed E-state index contributed by atoms with van der Waals surface area (Å²) in [6.45, 7) is 4.75. The number of nitrogens with one attached hydrogen (secondary N) is 1. The average molecular weight is 394 g/mol. The minimum atomic E-state index is -0.348. The fraction of sp³-hybridized carbons (Fsp3) is 0.222. The van der Waals surface area contributed by atoms with Crippen molar-refractivity contribution in [2.75, 3.05) is 5.32 Å². The van der Waals surface area contributed by atoms with Crippen LogP contribution >= 0.6 is 23.2 Å². The lowest BCUT2D eigenvalue weighted by Gasteiger charge is -2.06. The van der Waals surface area contributed by atoms with Gasteiger partial charge in [-0.3, -0.25) is 9.48 Å². The van der Waals surface area contributed by atoms with Crippen LogP contribution in [0.3, 0.4) is 0 Å². The number of benzene rings is 1. The molecule has 136 valence electrons. The average Bonchev–Trinajstić information content (AvgIpc) is 3.22. The van der Waals surface area contributed by atoms with Crippen molar-refractivity contribution in [1.82, 2.24) is 9.78 Å². The summed E-state index contributed by atoms with van der Waals surface area (Å²) in [5.74, 6) is 0.831. The first kappa shape index (κ1) is 18.4. The van der Waals surface area contributed by atoms with E-state index in [-0.39, 0.29) is 18.3 Å². The first-order valence-corrected chi connectivity index (χ1v) is 8.74. The summed E-state index contributed by atoms with van der Waals surface area (Å²) in [5, 5.41) is 7.92. The molecule has 1 N–H and O–H groups in total. The molecule has 0 saturated heterocycles. The van der Waals surface area contributed by atoms with Gasteiger partial charge in [-0.25, -0.2) is 0 Å². The third kappa shape index (κ3) is 4.03. The Labute approximate surface area is 160 Å². The third-order valence-electron chi connectivity index (χ3n) is 3.80. The molecule has 0 aliphatic carbocycles. The molecular weight excluding hydrogens is 377 g/mol.